The molecular weight excluding hydrogens is 255 g/mol. The molecule has 6 nitrogen and oxygen atoms in total. The highest BCUT2D eigenvalue weighted by molar-refractivity contribution is 5.99. The van der Waals surface area contributed by atoms with Crippen LogP contribution in [0.4, 0.5) is 10.1 Å². The molecule has 0 aliphatic heterocycles. The second kappa shape index (κ2) is 6.69. The van der Waals surface area contributed by atoms with E-state index >= 15 is 0 Å². The average molecular weight is 270 g/mol. The standard InChI is InChI=1S/C12H15FN2O4/c1-19-6-5-9(12(17)18)15-8-4-2-3-7(13)10(8)11(14)16/h2-4,9,15H,5-6H2,1H3,(H2,14,16)(H,17,18). The van der Waals surface area contributed by atoms with E-state index in [1.54, 1.807) is 0 Å². The first-order valence-electron chi connectivity index (χ1n) is 5.54. The monoisotopic (exact) mass is 270 g/mol. The molecule has 0 saturated carbocycles. The number of ether oxygens (including phenoxy) is 1. The van der Waals surface area contributed by atoms with Gasteiger partial charge in [-0.2, -0.15) is 0 Å². The molecule has 0 aromatic heterocycles. The van der Waals surface area contributed by atoms with Gasteiger partial charge in [-0.15, -0.1) is 0 Å². The minimum absolute atomic E-state index is 0.0519. The van der Waals surface area contributed by atoms with E-state index in [1.165, 1.54) is 19.2 Å². The summed E-state index contributed by atoms with van der Waals surface area (Å²) in [5.74, 6) is -2.89. The van der Waals surface area contributed by atoms with E-state index in [2.05, 4.69) is 5.32 Å². The fourth-order valence-corrected chi connectivity index (χ4v) is 1.58. The predicted molar refractivity (Wildman–Crippen MR) is 66.5 cm³/mol. The summed E-state index contributed by atoms with van der Waals surface area (Å²) < 4.78 is 18.3. The molecule has 1 atom stereocenters. The Labute approximate surface area is 109 Å². The second-order valence-corrected chi connectivity index (χ2v) is 3.84. The number of nitrogens with one attached hydrogen (secondary N) is 1. The summed E-state index contributed by atoms with van der Waals surface area (Å²) in [6.07, 6.45) is 0.167. The van der Waals surface area contributed by atoms with Crippen LogP contribution in [0.5, 0.6) is 0 Å². The van der Waals surface area contributed by atoms with E-state index in [0.29, 0.717) is 0 Å². The van der Waals surface area contributed by atoms with Crippen LogP contribution in [0.15, 0.2) is 18.2 Å². The molecule has 7 heteroatoms. The van der Waals surface area contributed by atoms with Crippen LogP contribution in [-0.2, 0) is 9.53 Å². The number of nitrogens with two attached hydrogens (primary N) is 1. The van der Waals surface area contributed by atoms with Gasteiger partial charge in [0.05, 0.1) is 11.3 Å². The van der Waals surface area contributed by atoms with Gasteiger partial charge in [0.15, 0.2) is 0 Å². The summed E-state index contributed by atoms with van der Waals surface area (Å²) >= 11 is 0. The number of carbonyl (C=O) groups is 2. The summed E-state index contributed by atoms with van der Waals surface area (Å²) in [6.45, 7) is 0.213. The summed E-state index contributed by atoms with van der Waals surface area (Å²) in [7, 11) is 1.44. The van der Waals surface area contributed by atoms with Crippen molar-refractivity contribution >= 4 is 17.6 Å². The lowest BCUT2D eigenvalue weighted by Gasteiger charge is -2.17. The second-order valence-electron chi connectivity index (χ2n) is 3.84. The number of amides is 1. The van der Waals surface area contributed by atoms with Gasteiger partial charge < -0.3 is 20.9 Å². The maximum absolute atomic E-state index is 13.5. The summed E-state index contributed by atoms with van der Waals surface area (Å²) in [6, 6.07) is 2.83. The molecule has 104 valence electrons. The van der Waals surface area contributed by atoms with Gasteiger partial charge in [-0.25, -0.2) is 9.18 Å². The lowest BCUT2D eigenvalue weighted by molar-refractivity contribution is -0.138. The molecule has 1 rings (SSSR count). The lowest BCUT2D eigenvalue weighted by atomic mass is 10.1. The van der Waals surface area contributed by atoms with Crippen molar-refractivity contribution < 1.29 is 23.8 Å². The van der Waals surface area contributed by atoms with Crippen LogP contribution in [0.1, 0.15) is 16.8 Å². The van der Waals surface area contributed by atoms with Gasteiger partial charge in [-0.1, -0.05) is 6.07 Å². The fourth-order valence-electron chi connectivity index (χ4n) is 1.58. The van der Waals surface area contributed by atoms with Crippen molar-refractivity contribution in [2.24, 2.45) is 5.73 Å². The number of anilines is 1. The maximum Gasteiger partial charge on any atom is 0.326 e. The van der Waals surface area contributed by atoms with Crippen LogP contribution in [0.25, 0.3) is 0 Å². The Morgan fingerprint density at radius 1 is 1.53 bits per heavy atom. The number of hydrogen-bond acceptors (Lipinski definition) is 4. The zero-order chi connectivity index (χ0) is 14.4. The molecule has 1 aromatic rings. The van der Waals surface area contributed by atoms with Crippen molar-refractivity contribution in [3.05, 3.63) is 29.6 Å². The van der Waals surface area contributed by atoms with E-state index in [0.717, 1.165) is 6.07 Å². The summed E-state index contributed by atoms with van der Waals surface area (Å²) in [5, 5.41) is 11.6. The number of carboxylic acids is 1. The van der Waals surface area contributed by atoms with E-state index in [-0.39, 0.29) is 24.3 Å². The number of hydrogen-bond donors (Lipinski definition) is 3. The van der Waals surface area contributed by atoms with Crippen LogP contribution >= 0.6 is 0 Å². The van der Waals surface area contributed by atoms with E-state index in [4.69, 9.17) is 15.6 Å². The largest absolute Gasteiger partial charge is 0.480 e. The minimum atomic E-state index is -1.13. The SMILES string of the molecule is COCCC(Nc1cccc(F)c1C(N)=O)C(=O)O. The number of benzene rings is 1. The molecule has 0 bridgehead atoms. The van der Waals surface area contributed by atoms with Crippen molar-refractivity contribution in [3.8, 4) is 0 Å². The summed E-state index contributed by atoms with van der Waals surface area (Å²) in [4.78, 5) is 22.2. The topological polar surface area (TPSA) is 102 Å². The Morgan fingerprint density at radius 3 is 2.74 bits per heavy atom. The van der Waals surface area contributed by atoms with Gasteiger partial charge in [-0.05, 0) is 12.1 Å². The van der Waals surface area contributed by atoms with Crippen LogP contribution in [0.2, 0.25) is 0 Å². The first kappa shape index (κ1) is 14.9. The highest BCUT2D eigenvalue weighted by Crippen LogP contribution is 2.20. The van der Waals surface area contributed by atoms with E-state index < -0.39 is 23.7 Å². The highest BCUT2D eigenvalue weighted by atomic mass is 19.1. The molecule has 19 heavy (non-hydrogen) atoms. The number of methoxy groups -OCH3 is 1. The van der Waals surface area contributed by atoms with Gasteiger partial charge in [0.2, 0.25) is 0 Å². The van der Waals surface area contributed by atoms with Gasteiger partial charge in [-0.3, -0.25) is 4.79 Å². The molecule has 1 unspecified atom stereocenters. The first-order valence-corrected chi connectivity index (χ1v) is 5.54. The number of halogens is 1. The summed E-state index contributed by atoms with van der Waals surface area (Å²) in [5.41, 5.74) is 4.77. The molecule has 0 spiro atoms. The number of carbonyl (C=O) groups excluding carboxylic acids is 1. The average Bonchev–Trinajstić information content (AvgIpc) is 2.33. The molecular formula is C12H15FN2O4. The van der Waals surface area contributed by atoms with Crippen LogP contribution in [-0.4, -0.2) is 36.7 Å². The molecule has 1 aromatic carbocycles. The van der Waals surface area contributed by atoms with E-state index in [9.17, 15) is 14.0 Å². The Bertz CT molecular complexity index is 479. The zero-order valence-corrected chi connectivity index (χ0v) is 10.4. The van der Waals surface area contributed by atoms with Crippen LogP contribution in [0, 0.1) is 5.82 Å². The molecule has 4 N–H and O–H groups in total. The maximum atomic E-state index is 13.5. The van der Waals surface area contributed by atoms with Crippen molar-refractivity contribution in [1.82, 2.24) is 0 Å². The highest BCUT2D eigenvalue weighted by Gasteiger charge is 2.21. The number of aliphatic carboxylic acids is 1. The van der Waals surface area contributed by atoms with Crippen molar-refractivity contribution in [2.45, 2.75) is 12.5 Å². The predicted octanol–water partition coefficient (Wildman–Crippen LogP) is 0.826. The Morgan fingerprint density at radius 2 is 2.21 bits per heavy atom. The fraction of sp³-hybridized carbons (Fsp3) is 0.333. The number of primary amides is 1. The Hall–Kier alpha value is -2.15. The molecule has 1 amide bonds. The van der Waals surface area contributed by atoms with Crippen LogP contribution in [0.3, 0.4) is 0 Å². The van der Waals surface area contributed by atoms with Crippen molar-refractivity contribution in [2.75, 3.05) is 19.0 Å². The zero-order valence-electron chi connectivity index (χ0n) is 10.4. The molecule has 0 aliphatic rings. The third-order valence-electron chi connectivity index (χ3n) is 2.50. The smallest absolute Gasteiger partial charge is 0.326 e. The van der Waals surface area contributed by atoms with Crippen LogP contribution < -0.4 is 11.1 Å². The molecule has 0 radical (unpaired) electrons. The van der Waals surface area contributed by atoms with Crippen molar-refractivity contribution in [1.29, 1.82) is 0 Å². The van der Waals surface area contributed by atoms with Crippen molar-refractivity contribution in [3.63, 3.8) is 0 Å². The minimum Gasteiger partial charge on any atom is -0.480 e. The molecule has 0 saturated heterocycles. The van der Waals surface area contributed by atoms with Gasteiger partial charge in [0.25, 0.3) is 5.91 Å². The van der Waals surface area contributed by atoms with E-state index in [1.807, 2.05) is 0 Å². The lowest BCUT2D eigenvalue weighted by Crippen LogP contribution is -2.31. The number of rotatable bonds is 7. The third kappa shape index (κ3) is 3.92. The quantitative estimate of drug-likeness (QED) is 0.681. The Balaban J connectivity index is 2.99. The molecule has 0 fully saturated rings. The molecule has 0 heterocycles. The Kier molecular flexibility index (Phi) is 5.25. The normalized spacial score (nSPS) is 11.9. The number of carboxylic acid groups (broad SMARTS) is 1. The van der Waals surface area contributed by atoms with Gasteiger partial charge >= 0.3 is 5.97 Å². The molecule has 0 aliphatic carbocycles. The third-order valence-corrected chi connectivity index (χ3v) is 2.50. The first-order chi connectivity index (χ1) is 8.97. The van der Waals surface area contributed by atoms with Gasteiger partial charge in [0, 0.05) is 20.1 Å². The van der Waals surface area contributed by atoms with Gasteiger partial charge in [0.1, 0.15) is 11.9 Å².